The van der Waals surface area contributed by atoms with Crippen LogP contribution in [0, 0.1) is 13.8 Å². The Bertz CT molecular complexity index is 419. The molecule has 0 bridgehead atoms. The van der Waals surface area contributed by atoms with Crippen LogP contribution in [0.4, 0.5) is 0 Å². The van der Waals surface area contributed by atoms with E-state index in [2.05, 4.69) is 11.5 Å². The lowest BCUT2D eigenvalue weighted by molar-refractivity contribution is -0.123. The zero-order valence-corrected chi connectivity index (χ0v) is 10.7. The third kappa shape index (κ3) is 2.42. The van der Waals surface area contributed by atoms with Gasteiger partial charge < -0.3 is 14.0 Å². The molecule has 1 aromatic heterocycles. The minimum atomic E-state index is 0.0599. The van der Waals surface area contributed by atoms with E-state index in [1.54, 1.807) is 0 Å². The Hall–Kier alpha value is -1.13. The monoisotopic (exact) mass is 237 g/mol. The van der Waals surface area contributed by atoms with Crippen molar-refractivity contribution in [2.24, 2.45) is 0 Å². The molecular formula is C13H19NO3. The molecule has 1 aliphatic heterocycles. The van der Waals surface area contributed by atoms with Crippen molar-refractivity contribution in [1.82, 2.24) is 4.57 Å². The molecule has 1 aromatic rings. The van der Waals surface area contributed by atoms with E-state index < -0.39 is 0 Å². The molecule has 4 nitrogen and oxygen atoms in total. The average molecular weight is 237 g/mol. The van der Waals surface area contributed by atoms with Gasteiger partial charge in [0, 0.05) is 23.5 Å². The fourth-order valence-corrected chi connectivity index (χ4v) is 2.15. The molecule has 1 saturated heterocycles. The Balaban J connectivity index is 2.02. The van der Waals surface area contributed by atoms with Crippen molar-refractivity contribution in [2.75, 3.05) is 19.8 Å². The Labute approximate surface area is 102 Å². The molecule has 4 heteroatoms. The third-order valence-electron chi connectivity index (χ3n) is 3.25. The van der Waals surface area contributed by atoms with Crippen LogP contribution >= 0.6 is 0 Å². The molecule has 0 atom stereocenters. The summed E-state index contributed by atoms with van der Waals surface area (Å²) < 4.78 is 12.6. The van der Waals surface area contributed by atoms with E-state index >= 15 is 0 Å². The first kappa shape index (κ1) is 12.3. The molecule has 1 fully saturated rings. The summed E-state index contributed by atoms with van der Waals surface area (Å²) >= 11 is 0. The molecule has 0 unspecified atom stereocenters. The van der Waals surface area contributed by atoms with Crippen molar-refractivity contribution in [1.29, 1.82) is 0 Å². The van der Waals surface area contributed by atoms with E-state index in [-0.39, 0.29) is 18.5 Å². The van der Waals surface area contributed by atoms with Gasteiger partial charge in [-0.2, -0.15) is 0 Å². The normalized spacial score (nSPS) is 15.9. The van der Waals surface area contributed by atoms with E-state index in [0.29, 0.717) is 13.2 Å². The fourth-order valence-electron chi connectivity index (χ4n) is 2.15. The van der Waals surface area contributed by atoms with Crippen LogP contribution < -0.4 is 0 Å². The van der Waals surface area contributed by atoms with Crippen molar-refractivity contribution >= 4 is 5.78 Å². The summed E-state index contributed by atoms with van der Waals surface area (Å²) in [6, 6.07) is 1.95. The van der Waals surface area contributed by atoms with Crippen LogP contribution in [0.3, 0.4) is 0 Å². The molecule has 0 N–H and O–H groups in total. The molecule has 0 aromatic carbocycles. The fraction of sp³-hybridized carbons (Fsp3) is 0.615. The lowest BCUT2D eigenvalue weighted by Gasteiger charge is -2.25. The number of rotatable bonds is 5. The topological polar surface area (TPSA) is 40.5 Å². The van der Waals surface area contributed by atoms with E-state index in [0.717, 1.165) is 23.5 Å². The summed E-state index contributed by atoms with van der Waals surface area (Å²) in [6.07, 6.45) is 0.105. The largest absolute Gasteiger partial charge is 0.376 e. The number of aromatic nitrogens is 1. The molecular weight excluding hydrogens is 218 g/mol. The van der Waals surface area contributed by atoms with Crippen molar-refractivity contribution in [3.8, 4) is 0 Å². The second-order valence-electron chi connectivity index (χ2n) is 4.42. The number of ketones is 1. The molecule has 0 spiro atoms. The SMILES string of the molecule is CCn1c(C)cc(C(=O)COC2COC2)c1C. The Morgan fingerprint density at radius 1 is 1.53 bits per heavy atom. The van der Waals surface area contributed by atoms with Crippen LogP contribution in [0.25, 0.3) is 0 Å². The Morgan fingerprint density at radius 3 is 2.71 bits per heavy atom. The molecule has 0 saturated carbocycles. The van der Waals surface area contributed by atoms with Gasteiger partial charge in [0.25, 0.3) is 0 Å². The van der Waals surface area contributed by atoms with E-state index in [1.165, 1.54) is 0 Å². The first-order valence-corrected chi connectivity index (χ1v) is 6.02. The number of nitrogens with zero attached hydrogens (tertiary/aromatic N) is 1. The minimum Gasteiger partial charge on any atom is -0.376 e. The number of hydrogen-bond acceptors (Lipinski definition) is 3. The molecule has 0 amide bonds. The van der Waals surface area contributed by atoms with E-state index in [9.17, 15) is 4.79 Å². The van der Waals surface area contributed by atoms with Crippen LogP contribution in [0.1, 0.15) is 28.7 Å². The molecule has 17 heavy (non-hydrogen) atoms. The zero-order chi connectivity index (χ0) is 12.4. The molecule has 0 aliphatic carbocycles. The van der Waals surface area contributed by atoms with Gasteiger partial charge in [0.05, 0.1) is 13.2 Å². The average Bonchev–Trinajstić information content (AvgIpc) is 2.51. The Kier molecular flexibility index (Phi) is 3.64. The molecule has 1 aliphatic rings. The maximum absolute atomic E-state index is 12.0. The number of carbonyl (C=O) groups is 1. The summed E-state index contributed by atoms with van der Waals surface area (Å²) in [7, 11) is 0. The Morgan fingerprint density at radius 2 is 2.24 bits per heavy atom. The highest BCUT2D eigenvalue weighted by atomic mass is 16.6. The number of hydrogen-bond donors (Lipinski definition) is 0. The summed E-state index contributed by atoms with van der Waals surface area (Å²) in [5.41, 5.74) is 2.94. The van der Waals surface area contributed by atoms with Crippen LogP contribution in [0.15, 0.2) is 6.07 Å². The number of Topliss-reactive ketones (excluding diaryl/α,β-unsaturated/α-hetero) is 1. The van der Waals surface area contributed by atoms with Crippen LogP contribution in [0.5, 0.6) is 0 Å². The predicted octanol–water partition coefficient (Wildman–Crippen LogP) is 1.72. The number of ether oxygens (including phenoxy) is 2. The van der Waals surface area contributed by atoms with Crippen LogP contribution in [-0.4, -0.2) is 36.3 Å². The van der Waals surface area contributed by atoms with Crippen molar-refractivity contribution in [3.05, 3.63) is 23.0 Å². The second kappa shape index (κ2) is 5.02. The lowest BCUT2D eigenvalue weighted by atomic mass is 10.1. The maximum atomic E-state index is 12.0. The quantitative estimate of drug-likeness (QED) is 0.732. The first-order valence-electron chi connectivity index (χ1n) is 6.02. The highest BCUT2D eigenvalue weighted by Crippen LogP contribution is 2.16. The van der Waals surface area contributed by atoms with Gasteiger partial charge in [-0.3, -0.25) is 4.79 Å². The maximum Gasteiger partial charge on any atom is 0.190 e. The van der Waals surface area contributed by atoms with Crippen molar-refractivity contribution in [2.45, 2.75) is 33.4 Å². The van der Waals surface area contributed by atoms with Gasteiger partial charge in [-0.25, -0.2) is 0 Å². The summed E-state index contributed by atoms with van der Waals surface area (Å²) in [5.74, 6) is 0.0599. The number of carbonyl (C=O) groups excluding carboxylic acids is 1. The zero-order valence-electron chi connectivity index (χ0n) is 10.7. The van der Waals surface area contributed by atoms with Gasteiger partial charge in [0.15, 0.2) is 5.78 Å². The summed E-state index contributed by atoms with van der Waals surface area (Å²) in [6.45, 7) is 8.35. The highest BCUT2D eigenvalue weighted by molar-refractivity contribution is 5.98. The minimum absolute atomic E-state index is 0.0599. The van der Waals surface area contributed by atoms with Gasteiger partial charge in [0.2, 0.25) is 0 Å². The standard InChI is InChI=1S/C13H19NO3/c1-4-14-9(2)5-12(10(14)3)13(15)8-17-11-6-16-7-11/h5,11H,4,6-8H2,1-3H3. The first-order chi connectivity index (χ1) is 8.13. The lowest BCUT2D eigenvalue weighted by Crippen LogP contribution is -2.37. The van der Waals surface area contributed by atoms with Gasteiger partial charge in [-0.15, -0.1) is 0 Å². The summed E-state index contributed by atoms with van der Waals surface area (Å²) in [4.78, 5) is 12.0. The van der Waals surface area contributed by atoms with Crippen molar-refractivity contribution in [3.63, 3.8) is 0 Å². The van der Waals surface area contributed by atoms with E-state index in [4.69, 9.17) is 9.47 Å². The second-order valence-corrected chi connectivity index (χ2v) is 4.42. The molecule has 94 valence electrons. The predicted molar refractivity (Wildman–Crippen MR) is 64.5 cm³/mol. The molecule has 2 rings (SSSR count). The summed E-state index contributed by atoms with van der Waals surface area (Å²) in [5, 5.41) is 0. The third-order valence-corrected chi connectivity index (χ3v) is 3.25. The number of aryl methyl sites for hydroxylation is 1. The van der Waals surface area contributed by atoms with Gasteiger partial charge in [-0.05, 0) is 26.8 Å². The highest BCUT2D eigenvalue weighted by Gasteiger charge is 2.21. The molecule has 2 heterocycles. The van der Waals surface area contributed by atoms with Gasteiger partial charge >= 0.3 is 0 Å². The van der Waals surface area contributed by atoms with Crippen LogP contribution in [-0.2, 0) is 16.0 Å². The van der Waals surface area contributed by atoms with Gasteiger partial charge in [-0.1, -0.05) is 0 Å². The van der Waals surface area contributed by atoms with Crippen LogP contribution in [0.2, 0.25) is 0 Å². The smallest absolute Gasteiger partial charge is 0.190 e. The van der Waals surface area contributed by atoms with Gasteiger partial charge in [0.1, 0.15) is 12.7 Å². The van der Waals surface area contributed by atoms with E-state index in [1.807, 2.05) is 19.9 Å². The van der Waals surface area contributed by atoms with Crippen molar-refractivity contribution < 1.29 is 14.3 Å². The molecule has 0 radical (unpaired) electrons.